The highest BCUT2D eigenvalue weighted by Gasteiger charge is 2.38. The number of fused-ring (bicyclic) bond motifs is 1. The average Bonchev–Trinajstić information content (AvgIpc) is 3.05. The fourth-order valence-corrected chi connectivity index (χ4v) is 4.39. The molecule has 8 nitrogen and oxygen atoms in total. The molecule has 0 aromatic heterocycles. The highest BCUT2D eigenvalue weighted by molar-refractivity contribution is 8.00. The summed E-state index contributed by atoms with van der Waals surface area (Å²) in [4.78, 5) is 0.132. The van der Waals surface area contributed by atoms with E-state index in [0.717, 1.165) is 23.4 Å². The number of nitrogens with one attached hydrogen (secondary N) is 1. The average molecular weight is 461 g/mol. The number of nitrogens with zero attached hydrogens (tertiary/aromatic N) is 2. The largest absolute Gasteiger partial charge is 0.493 e. The number of rotatable bonds is 8. The van der Waals surface area contributed by atoms with E-state index in [2.05, 4.69) is 5.32 Å². The lowest BCUT2D eigenvalue weighted by atomic mass is 10.1. The van der Waals surface area contributed by atoms with Gasteiger partial charge in [-0.25, -0.2) is 5.06 Å². The molecule has 0 saturated carbocycles. The van der Waals surface area contributed by atoms with E-state index in [-0.39, 0.29) is 22.4 Å². The third-order valence-corrected chi connectivity index (χ3v) is 6.02. The summed E-state index contributed by atoms with van der Waals surface area (Å²) in [5.74, 6) is 1.22. The Hall–Kier alpha value is -2.38. The van der Waals surface area contributed by atoms with Gasteiger partial charge in [0.05, 0.1) is 30.4 Å². The second-order valence-electron chi connectivity index (χ2n) is 6.69. The molecule has 4 N–H and O–H groups in total. The molecule has 12 heteroatoms. The van der Waals surface area contributed by atoms with Crippen LogP contribution in [-0.4, -0.2) is 48.3 Å². The number of hydrogen-bond acceptors (Lipinski definition) is 9. The van der Waals surface area contributed by atoms with E-state index < -0.39 is 22.8 Å². The summed E-state index contributed by atoms with van der Waals surface area (Å²) < 4.78 is 49.8. The second kappa shape index (κ2) is 9.40. The summed E-state index contributed by atoms with van der Waals surface area (Å²) in [6, 6.07) is 6.93. The van der Waals surface area contributed by atoms with Crippen molar-refractivity contribution >= 4 is 23.1 Å². The molecule has 0 saturated heterocycles. The lowest BCUT2D eigenvalue weighted by Crippen LogP contribution is -2.36. The van der Waals surface area contributed by atoms with Gasteiger partial charge in [0.2, 0.25) is 0 Å². The molecule has 1 aliphatic heterocycles. The van der Waals surface area contributed by atoms with Gasteiger partial charge in [-0.3, -0.25) is 15.6 Å². The van der Waals surface area contributed by atoms with Gasteiger partial charge >= 0.3 is 6.18 Å². The molecule has 1 heterocycles. The van der Waals surface area contributed by atoms with Gasteiger partial charge in [0.15, 0.2) is 11.5 Å². The number of benzene rings is 2. The first kappa shape index (κ1) is 23.3. The van der Waals surface area contributed by atoms with Crippen LogP contribution in [0, 0.1) is 0 Å². The number of halogens is 3. The monoisotopic (exact) mass is 461 g/mol. The molecule has 1 atom stereocenters. The summed E-state index contributed by atoms with van der Waals surface area (Å²) in [6.07, 6.45) is -4.07. The van der Waals surface area contributed by atoms with Gasteiger partial charge in [-0.15, -0.1) is 5.23 Å². The standard InChI is InChI=1S/C19H22F3N3O5S/c1-29-15-4-3-11(7-16(15)30-2)5-6-23-10-17-24(26)13-8-12(19(20,21)22)9-14(25(27)28)18(13)31-17/h3-4,7-9,17,23,26-28H,5-6,10H2,1-2H3. The maximum atomic E-state index is 13.1. The number of hydrogen-bond donors (Lipinski definition) is 4. The van der Waals surface area contributed by atoms with Gasteiger partial charge in [0.1, 0.15) is 11.1 Å². The maximum absolute atomic E-state index is 13.1. The van der Waals surface area contributed by atoms with Crippen LogP contribution in [0.15, 0.2) is 35.2 Å². The number of anilines is 2. The van der Waals surface area contributed by atoms with Crippen molar-refractivity contribution in [2.75, 3.05) is 37.6 Å². The minimum atomic E-state index is -4.71. The van der Waals surface area contributed by atoms with E-state index in [1.165, 1.54) is 0 Å². The van der Waals surface area contributed by atoms with Crippen molar-refractivity contribution in [3.8, 4) is 11.5 Å². The van der Waals surface area contributed by atoms with Crippen molar-refractivity contribution in [1.82, 2.24) is 5.32 Å². The molecule has 31 heavy (non-hydrogen) atoms. The fraction of sp³-hybridized carbons (Fsp3) is 0.368. The third-order valence-electron chi connectivity index (χ3n) is 4.72. The number of methoxy groups -OCH3 is 2. The molecule has 0 radical (unpaired) electrons. The van der Waals surface area contributed by atoms with Crippen LogP contribution in [0.4, 0.5) is 24.5 Å². The number of ether oxygens (including phenoxy) is 2. The molecule has 2 aromatic rings. The Morgan fingerprint density at radius 1 is 1.13 bits per heavy atom. The molecule has 0 bridgehead atoms. The second-order valence-corrected chi connectivity index (χ2v) is 7.88. The SMILES string of the molecule is COc1ccc(CCNCC2Sc3c(N(O)O)cc(C(F)(F)F)cc3N2O)cc1OC. The molecule has 2 aromatic carbocycles. The summed E-state index contributed by atoms with van der Waals surface area (Å²) in [6.45, 7) is 0.768. The number of alkyl halides is 3. The van der Waals surface area contributed by atoms with Crippen molar-refractivity contribution in [3.63, 3.8) is 0 Å². The highest BCUT2D eigenvalue weighted by Crippen LogP contribution is 2.49. The van der Waals surface area contributed by atoms with Gasteiger partial charge < -0.3 is 14.8 Å². The minimum absolute atomic E-state index is 0.132. The van der Waals surface area contributed by atoms with Crippen molar-refractivity contribution in [1.29, 1.82) is 0 Å². The smallest absolute Gasteiger partial charge is 0.416 e. The van der Waals surface area contributed by atoms with Gasteiger partial charge in [-0.1, -0.05) is 17.8 Å². The Morgan fingerprint density at radius 2 is 1.84 bits per heavy atom. The summed E-state index contributed by atoms with van der Waals surface area (Å²) >= 11 is 1.02. The summed E-state index contributed by atoms with van der Waals surface area (Å²) in [5.41, 5.74) is -0.714. The molecular formula is C19H22F3N3O5S. The molecule has 1 aliphatic rings. The molecule has 3 rings (SSSR count). The topological polar surface area (TPSA) is 97.7 Å². The number of thioether (sulfide) groups is 1. The summed E-state index contributed by atoms with van der Waals surface area (Å²) in [5, 5.41) is 31.9. The lowest BCUT2D eigenvalue weighted by molar-refractivity contribution is -0.137. The van der Waals surface area contributed by atoms with E-state index in [1.54, 1.807) is 20.3 Å². The predicted octanol–water partition coefficient (Wildman–Crippen LogP) is 3.77. The number of hydroxylamine groups is 1. The maximum Gasteiger partial charge on any atom is 0.416 e. The predicted molar refractivity (Wildman–Crippen MR) is 108 cm³/mol. The normalized spacial score (nSPS) is 15.7. The van der Waals surface area contributed by atoms with Crippen LogP contribution in [0.3, 0.4) is 0 Å². The first-order chi connectivity index (χ1) is 14.7. The van der Waals surface area contributed by atoms with Crippen LogP contribution in [0.2, 0.25) is 0 Å². The lowest BCUT2D eigenvalue weighted by Gasteiger charge is -2.20. The Labute approximate surface area is 180 Å². The molecule has 1 unspecified atom stereocenters. The minimum Gasteiger partial charge on any atom is -0.493 e. The van der Waals surface area contributed by atoms with Gasteiger partial charge in [0.25, 0.3) is 0 Å². The van der Waals surface area contributed by atoms with Gasteiger partial charge in [0, 0.05) is 6.54 Å². The van der Waals surface area contributed by atoms with E-state index in [1.807, 2.05) is 12.1 Å². The molecule has 0 amide bonds. The first-order valence-electron chi connectivity index (χ1n) is 9.15. The Morgan fingerprint density at radius 3 is 2.45 bits per heavy atom. The molecular weight excluding hydrogens is 439 g/mol. The Kier molecular flexibility index (Phi) is 7.06. The van der Waals surface area contributed by atoms with Crippen molar-refractivity contribution in [3.05, 3.63) is 41.5 Å². The quantitative estimate of drug-likeness (QED) is 0.346. The van der Waals surface area contributed by atoms with E-state index in [9.17, 15) is 28.8 Å². The molecule has 0 aliphatic carbocycles. The van der Waals surface area contributed by atoms with Crippen LogP contribution in [-0.2, 0) is 12.6 Å². The zero-order valence-corrected chi connectivity index (χ0v) is 17.5. The van der Waals surface area contributed by atoms with Crippen LogP contribution < -0.4 is 25.1 Å². The van der Waals surface area contributed by atoms with E-state index >= 15 is 0 Å². The zero-order chi connectivity index (χ0) is 22.8. The van der Waals surface area contributed by atoms with Crippen LogP contribution in [0.1, 0.15) is 11.1 Å². The van der Waals surface area contributed by atoms with Gasteiger partial charge in [-0.05, 0) is 42.8 Å². The molecule has 0 fully saturated rings. The highest BCUT2D eigenvalue weighted by atomic mass is 32.2. The van der Waals surface area contributed by atoms with Crippen molar-refractivity contribution in [2.24, 2.45) is 0 Å². The van der Waals surface area contributed by atoms with Crippen LogP contribution in [0.5, 0.6) is 11.5 Å². The molecule has 0 spiro atoms. The summed E-state index contributed by atoms with van der Waals surface area (Å²) in [7, 11) is 3.09. The van der Waals surface area contributed by atoms with Gasteiger partial charge in [-0.2, -0.15) is 13.2 Å². The van der Waals surface area contributed by atoms with Crippen LogP contribution in [0.25, 0.3) is 0 Å². The molecule has 170 valence electrons. The third kappa shape index (κ3) is 5.10. The van der Waals surface area contributed by atoms with Crippen molar-refractivity contribution < 1.29 is 38.3 Å². The fourth-order valence-electron chi connectivity index (χ4n) is 3.17. The Bertz CT molecular complexity index is 929. The first-order valence-corrected chi connectivity index (χ1v) is 10.0. The van der Waals surface area contributed by atoms with Crippen molar-refractivity contribution in [2.45, 2.75) is 22.9 Å². The van der Waals surface area contributed by atoms with Crippen LogP contribution >= 0.6 is 11.8 Å². The Balaban J connectivity index is 1.64. The van der Waals surface area contributed by atoms with E-state index in [4.69, 9.17) is 9.47 Å². The zero-order valence-electron chi connectivity index (χ0n) is 16.7. The van der Waals surface area contributed by atoms with E-state index in [0.29, 0.717) is 35.6 Å².